The van der Waals surface area contributed by atoms with Crippen molar-refractivity contribution in [1.82, 2.24) is 0 Å². The molecule has 1 unspecified atom stereocenters. The number of rotatable bonds is 3. The Hall–Kier alpha value is -1.02. The summed E-state index contributed by atoms with van der Waals surface area (Å²) in [7, 11) is 0. The summed E-state index contributed by atoms with van der Waals surface area (Å²) in [6, 6.07) is 6.20. The minimum Gasteiger partial charge on any atom is -0.491 e. The Morgan fingerprint density at radius 3 is 2.21 bits per heavy atom. The average Bonchev–Trinajstić information content (AvgIpc) is 2.03. The molecule has 2 N–H and O–H groups in total. The normalized spacial score (nSPS) is 11.7. The highest BCUT2D eigenvalue weighted by atomic mass is 16.5. The first-order valence-electron chi connectivity index (χ1n) is 4.56. The zero-order valence-corrected chi connectivity index (χ0v) is 8.50. The Bertz CT molecular complexity index is 261. The Morgan fingerprint density at radius 2 is 1.79 bits per heavy atom. The molecule has 0 aromatic heterocycles. The van der Waals surface area contributed by atoms with Crippen LogP contribution in [0.1, 0.15) is 25.5 Å². The second-order valence-corrected chi connectivity index (χ2v) is 3.51. The molecule has 0 saturated carbocycles. The van der Waals surface area contributed by atoms with Crippen molar-refractivity contribution in [1.29, 1.82) is 0 Å². The Morgan fingerprint density at radius 1 is 1.29 bits per heavy atom. The lowest BCUT2D eigenvalue weighted by molar-refractivity contribution is 0.292. The van der Waals surface area contributed by atoms with Crippen LogP contribution in [0.4, 0.5) is 0 Å². The highest BCUT2D eigenvalue weighted by molar-refractivity contribution is 5.39. The summed E-state index contributed by atoms with van der Waals surface area (Å²) in [5.41, 5.74) is 7.95. The molecule has 1 aromatic carbocycles. The molecule has 0 radical (unpaired) electrons. The van der Waals surface area contributed by atoms with E-state index in [1.54, 1.807) is 0 Å². The van der Waals surface area contributed by atoms with Crippen LogP contribution in [0.2, 0.25) is 0 Å². The summed E-state index contributed by atoms with van der Waals surface area (Å²) in [6.07, 6.45) is 0. The largest absolute Gasteiger partial charge is 0.491 e. The second kappa shape index (κ2) is 5.66. The summed E-state index contributed by atoms with van der Waals surface area (Å²) in [5.74, 6) is 0.972. The smallest absolute Gasteiger partial charge is 0.125 e. The molecule has 80 valence electrons. The lowest BCUT2D eigenvalue weighted by Crippen LogP contribution is -2.24. The molecule has 1 rings (SSSR count). The van der Waals surface area contributed by atoms with E-state index in [1.807, 2.05) is 39.0 Å². The SMILES string of the molecule is C.Cc1cccc(C)c1OCC(C)N. The third kappa shape index (κ3) is 3.38. The molecule has 0 aliphatic carbocycles. The van der Waals surface area contributed by atoms with Gasteiger partial charge in [-0.25, -0.2) is 0 Å². The Labute approximate surface area is 87.1 Å². The maximum Gasteiger partial charge on any atom is 0.125 e. The number of benzene rings is 1. The van der Waals surface area contributed by atoms with Gasteiger partial charge in [-0.2, -0.15) is 0 Å². The summed E-state index contributed by atoms with van der Waals surface area (Å²) >= 11 is 0. The highest BCUT2D eigenvalue weighted by Crippen LogP contribution is 2.22. The molecule has 0 heterocycles. The summed E-state index contributed by atoms with van der Waals surface area (Å²) < 4.78 is 5.60. The summed E-state index contributed by atoms with van der Waals surface area (Å²) in [4.78, 5) is 0. The predicted octanol–water partition coefficient (Wildman–Crippen LogP) is 2.67. The number of aryl methyl sites for hydroxylation is 2. The highest BCUT2D eigenvalue weighted by Gasteiger charge is 2.03. The molecule has 0 aliphatic heterocycles. The zero-order chi connectivity index (χ0) is 9.84. The maximum absolute atomic E-state index is 5.62. The van der Waals surface area contributed by atoms with Crippen molar-refractivity contribution in [2.24, 2.45) is 5.73 Å². The van der Waals surface area contributed by atoms with Gasteiger partial charge in [0, 0.05) is 6.04 Å². The van der Waals surface area contributed by atoms with E-state index in [0.717, 1.165) is 5.75 Å². The van der Waals surface area contributed by atoms with Gasteiger partial charge in [0.25, 0.3) is 0 Å². The van der Waals surface area contributed by atoms with E-state index in [4.69, 9.17) is 10.5 Å². The van der Waals surface area contributed by atoms with Gasteiger partial charge in [0.1, 0.15) is 12.4 Å². The molecule has 0 bridgehead atoms. The molecule has 0 saturated heterocycles. The minimum atomic E-state index is 0. The lowest BCUT2D eigenvalue weighted by Gasteiger charge is -2.13. The molecular formula is C12H21NO. The first-order chi connectivity index (χ1) is 6.11. The summed E-state index contributed by atoms with van der Waals surface area (Å²) in [6.45, 7) is 6.60. The van der Waals surface area contributed by atoms with Gasteiger partial charge in [-0.15, -0.1) is 0 Å². The first kappa shape index (κ1) is 13.0. The van der Waals surface area contributed by atoms with Crippen molar-refractivity contribution in [2.45, 2.75) is 34.2 Å². The molecule has 0 aliphatic rings. The standard InChI is InChI=1S/C11H17NO.CH4/c1-8-5-4-6-9(2)11(8)13-7-10(3)12;/h4-6,10H,7,12H2,1-3H3;1H4. The molecule has 0 spiro atoms. The fraction of sp³-hybridized carbons (Fsp3) is 0.500. The van der Waals surface area contributed by atoms with Crippen molar-refractivity contribution < 1.29 is 4.74 Å². The van der Waals surface area contributed by atoms with Crippen LogP contribution in [0.5, 0.6) is 5.75 Å². The van der Waals surface area contributed by atoms with Crippen molar-refractivity contribution in [3.63, 3.8) is 0 Å². The van der Waals surface area contributed by atoms with Crippen LogP contribution in [0, 0.1) is 13.8 Å². The molecule has 0 amide bonds. The third-order valence-electron chi connectivity index (χ3n) is 1.90. The van der Waals surface area contributed by atoms with Crippen LogP contribution < -0.4 is 10.5 Å². The van der Waals surface area contributed by atoms with Gasteiger partial charge >= 0.3 is 0 Å². The third-order valence-corrected chi connectivity index (χ3v) is 1.90. The van der Waals surface area contributed by atoms with E-state index < -0.39 is 0 Å². The second-order valence-electron chi connectivity index (χ2n) is 3.51. The van der Waals surface area contributed by atoms with E-state index in [9.17, 15) is 0 Å². The van der Waals surface area contributed by atoms with E-state index in [0.29, 0.717) is 6.61 Å². The number of para-hydroxylation sites is 1. The number of hydrogen-bond acceptors (Lipinski definition) is 2. The van der Waals surface area contributed by atoms with E-state index in [-0.39, 0.29) is 13.5 Å². The molecule has 2 nitrogen and oxygen atoms in total. The van der Waals surface area contributed by atoms with Crippen molar-refractivity contribution >= 4 is 0 Å². The fourth-order valence-electron chi connectivity index (χ4n) is 1.24. The van der Waals surface area contributed by atoms with E-state index >= 15 is 0 Å². The van der Waals surface area contributed by atoms with Crippen LogP contribution in [-0.2, 0) is 0 Å². The Balaban J connectivity index is 0.00000169. The van der Waals surface area contributed by atoms with Crippen LogP contribution in [0.25, 0.3) is 0 Å². The van der Waals surface area contributed by atoms with Crippen molar-refractivity contribution in [3.05, 3.63) is 29.3 Å². The lowest BCUT2D eigenvalue weighted by atomic mass is 10.1. The topological polar surface area (TPSA) is 35.2 Å². The summed E-state index contributed by atoms with van der Waals surface area (Å²) in [5, 5.41) is 0. The number of ether oxygens (including phenoxy) is 1. The number of nitrogens with two attached hydrogens (primary N) is 1. The van der Waals surface area contributed by atoms with Gasteiger partial charge in [-0.1, -0.05) is 25.6 Å². The van der Waals surface area contributed by atoms with Gasteiger partial charge in [-0.3, -0.25) is 0 Å². The molecule has 14 heavy (non-hydrogen) atoms. The quantitative estimate of drug-likeness (QED) is 0.804. The van der Waals surface area contributed by atoms with Gasteiger partial charge in [0.05, 0.1) is 0 Å². The molecular weight excluding hydrogens is 174 g/mol. The first-order valence-corrected chi connectivity index (χ1v) is 4.56. The van der Waals surface area contributed by atoms with Gasteiger partial charge < -0.3 is 10.5 Å². The monoisotopic (exact) mass is 195 g/mol. The number of hydrogen-bond donors (Lipinski definition) is 1. The molecule has 1 aromatic rings. The molecule has 0 fully saturated rings. The van der Waals surface area contributed by atoms with Crippen LogP contribution in [0.3, 0.4) is 0 Å². The van der Waals surface area contributed by atoms with Crippen molar-refractivity contribution in [3.8, 4) is 5.75 Å². The van der Waals surface area contributed by atoms with E-state index in [2.05, 4.69) is 0 Å². The van der Waals surface area contributed by atoms with Gasteiger partial charge in [0.2, 0.25) is 0 Å². The minimum absolute atomic E-state index is 0. The fourth-order valence-corrected chi connectivity index (χ4v) is 1.24. The predicted molar refractivity (Wildman–Crippen MR) is 61.8 cm³/mol. The van der Waals surface area contributed by atoms with Gasteiger partial charge in [-0.05, 0) is 31.9 Å². The molecule has 2 heteroatoms. The van der Waals surface area contributed by atoms with E-state index in [1.165, 1.54) is 11.1 Å². The van der Waals surface area contributed by atoms with Crippen LogP contribution in [-0.4, -0.2) is 12.6 Å². The Kier molecular flexibility index (Phi) is 5.24. The van der Waals surface area contributed by atoms with Crippen LogP contribution in [0.15, 0.2) is 18.2 Å². The molecule has 1 atom stereocenters. The maximum atomic E-state index is 5.62. The average molecular weight is 195 g/mol. The van der Waals surface area contributed by atoms with Crippen molar-refractivity contribution in [2.75, 3.05) is 6.61 Å². The van der Waals surface area contributed by atoms with Crippen LogP contribution >= 0.6 is 0 Å². The zero-order valence-electron chi connectivity index (χ0n) is 8.50. The van der Waals surface area contributed by atoms with Gasteiger partial charge in [0.15, 0.2) is 0 Å².